The summed E-state index contributed by atoms with van der Waals surface area (Å²) in [6.07, 6.45) is 11.2. The van der Waals surface area contributed by atoms with Crippen molar-refractivity contribution in [3.05, 3.63) is 106 Å². The Hall–Kier alpha value is -4.40. The lowest BCUT2D eigenvalue weighted by Crippen LogP contribution is -2.30. The van der Waals surface area contributed by atoms with Crippen LogP contribution >= 0.6 is 24.0 Å². The summed E-state index contributed by atoms with van der Waals surface area (Å²) >= 11 is 6.17. The summed E-state index contributed by atoms with van der Waals surface area (Å²) in [5.41, 5.74) is 4.96. The Bertz CT molecular complexity index is 2020. The minimum absolute atomic E-state index is 0. The van der Waals surface area contributed by atoms with Crippen molar-refractivity contribution in [3.8, 4) is 28.3 Å². The molecule has 0 spiro atoms. The van der Waals surface area contributed by atoms with E-state index in [1.54, 1.807) is 30.3 Å². The fourth-order valence-corrected chi connectivity index (χ4v) is 7.68. The van der Waals surface area contributed by atoms with Crippen LogP contribution in [0.3, 0.4) is 0 Å². The second kappa shape index (κ2) is 16.3. The van der Waals surface area contributed by atoms with E-state index in [0.29, 0.717) is 45.7 Å². The number of fused-ring (bicyclic) bond motifs is 1. The average Bonchev–Trinajstić information content (AvgIpc) is 3.52. The molecule has 5 aromatic rings. The molecule has 4 aromatic carbocycles. The molecule has 2 saturated carbocycles. The second-order valence-electron chi connectivity index (χ2n) is 13.6. The van der Waals surface area contributed by atoms with Gasteiger partial charge in [0.15, 0.2) is 0 Å². The van der Waals surface area contributed by atoms with Crippen LogP contribution in [0, 0.1) is 11.7 Å². The minimum Gasteiger partial charge on any atom is -0.489 e. The third kappa shape index (κ3) is 8.23. The van der Waals surface area contributed by atoms with Gasteiger partial charge in [-0.3, -0.25) is 4.79 Å². The lowest BCUT2D eigenvalue weighted by molar-refractivity contribution is 0.0696. The van der Waals surface area contributed by atoms with Crippen LogP contribution in [-0.4, -0.2) is 33.1 Å². The van der Waals surface area contributed by atoms with E-state index in [1.807, 2.05) is 42.5 Å². The number of rotatable bonds is 10. The summed E-state index contributed by atoms with van der Waals surface area (Å²) in [6.45, 7) is 0.781. The molecule has 10 heteroatoms. The molecule has 0 bridgehead atoms. The van der Waals surface area contributed by atoms with Crippen LogP contribution in [0.5, 0.6) is 5.75 Å². The Morgan fingerprint density at radius 2 is 1.53 bits per heavy atom. The zero-order valence-electron chi connectivity index (χ0n) is 28.4. The van der Waals surface area contributed by atoms with Crippen LogP contribution in [0.4, 0.5) is 4.39 Å². The highest BCUT2D eigenvalue weighted by molar-refractivity contribution is 6.30. The van der Waals surface area contributed by atoms with Gasteiger partial charge in [0.25, 0.3) is 5.91 Å². The lowest BCUT2D eigenvalue weighted by atomic mass is 9.89. The molecule has 266 valence electrons. The van der Waals surface area contributed by atoms with Crippen LogP contribution in [-0.2, 0) is 6.61 Å². The van der Waals surface area contributed by atoms with Gasteiger partial charge in [-0.15, -0.1) is 12.4 Å². The van der Waals surface area contributed by atoms with Gasteiger partial charge in [0, 0.05) is 29.2 Å². The van der Waals surface area contributed by atoms with Crippen molar-refractivity contribution >= 4 is 46.9 Å². The number of imidazole rings is 1. The SMILES string of the molecule is Cl.O=C(O)c1ccc2c(c1)nc(-c1ccc(OCc3cc(C(=O)NCC4CCCCC4)ccc3-c3ccc(Cl)cc3)cc1F)n2C1CCCCC1. The number of hydrogen-bond acceptors (Lipinski definition) is 4. The van der Waals surface area contributed by atoms with Gasteiger partial charge < -0.3 is 19.7 Å². The summed E-state index contributed by atoms with van der Waals surface area (Å²) in [7, 11) is 0. The molecule has 1 heterocycles. The summed E-state index contributed by atoms with van der Waals surface area (Å²) < 4.78 is 24.3. The van der Waals surface area contributed by atoms with E-state index in [0.717, 1.165) is 67.2 Å². The maximum atomic E-state index is 16.0. The number of halogens is 3. The molecule has 1 amide bonds. The van der Waals surface area contributed by atoms with Crippen molar-refractivity contribution in [2.24, 2.45) is 5.92 Å². The number of benzene rings is 4. The number of ether oxygens (including phenoxy) is 1. The predicted octanol–water partition coefficient (Wildman–Crippen LogP) is 10.7. The van der Waals surface area contributed by atoms with Gasteiger partial charge in [-0.2, -0.15) is 0 Å². The highest BCUT2D eigenvalue weighted by Crippen LogP contribution is 2.38. The second-order valence-corrected chi connectivity index (χ2v) is 14.1. The van der Waals surface area contributed by atoms with Crippen LogP contribution < -0.4 is 10.1 Å². The molecular weight excluding hydrogens is 688 g/mol. The molecule has 0 unspecified atom stereocenters. The number of hydrogen-bond donors (Lipinski definition) is 2. The number of carboxylic acids is 1. The molecule has 2 fully saturated rings. The summed E-state index contributed by atoms with van der Waals surface area (Å²) in [6, 6.07) is 22.9. The maximum absolute atomic E-state index is 16.0. The number of carbonyl (C=O) groups excluding carboxylic acids is 1. The van der Waals surface area contributed by atoms with E-state index in [1.165, 1.54) is 25.3 Å². The Morgan fingerprint density at radius 1 is 0.843 bits per heavy atom. The smallest absolute Gasteiger partial charge is 0.335 e. The number of amides is 1. The van der Waals surface area contributed by atoms with Crippen LogP contribution in [0.2, 0.25) is 5.02 Å². The standard InChI is InChI=1S/C41H41ClFN3O4.ClH/c42-31-15-11-27(12-16-31)34-18-13-28(40(47)44-24-26-7-3-1-4-8-26)21-30(34)25-50-33-17-19-35(36(43)23-33)39-45-37-22-29(41(48)49)14-20-38(37)46(39)32-9-5-2-6-10-32;/h11-23,26,32H,1-10,24-25H2,(H,44,47)(H,48,49);1H. The lowest BCUT2D eigenvalue weighted by Gasteiger charge is -2.25. The summed E-state index contributed by atoms with van der Waals surface area (Å²) in [5, 5.41) is 13.3. The first kappa shape index (κ1) is 36.4. The maximum Gasteiger partial charge on any atom is 0.335 e. The predicted molar refractivity (Wildman–Crippen MR) is 202 cm³/mol. The van der Waals surface area contributed by atoms with Crippen LogP contribution in [0.1, 0.15) is 96.5 Å². The van der Waals surface area contributed by atoms with Crippen molar-refractivity contribution < 1.29 is 23.8 Å². The van der Waals surface area contributed by atoms with Crippen molar-refractivity contribution in [1.82, 2.24) is 14.9 Å². The van der Waals surface area contributed by atoms with Gasteiger partial charge in [-0.1, -0.05) is 68.3 Å². The normalized spacial score (nSPS) is 15.3. The topological polar surface area (TPSA) is 93.5 Å². The average molecular weight is 731 g/mol. The number of nitrogens with zero attached hydrogens (tertiary/aromatic N) is 2. The van der Waals surface area contributed by atoms with Crippen molar-refractivity contribution in [2.45, 2.75) is 76.9 Å². The first-order valence-corrected chi connectivity index (χ1v) is 18.1. The first-order chi connectivity index (χ1) is 24.3. The quantitative estimate of drug-likeness (QED) is 0.149. The molecule has 0 aliphatic heterocycles. The highest BCUT2D eigenvalue weighted by atomic mass is 35.5. The van der Waals surface area contributed by atoms with E-state index in [9.17, 15) is 14.7 Å². The zero-order chi connectivity index (χ0) is 34.6. The molecule has 7 rings (SSSR count). The number of carboxylic acid groups (broad SMARTS) is 1. The summed E-state index contributed by atoms with van der Waals surface area (Å²) in [5.74, 6) is -0.293. The van der Waals surface area contributed by atoms with Gasteiger partial charge in [0.2, 0.25) is 0 Å². The van der Waals surface area contributed by atoms with Crippen molar-refractivity contribution in [2.75, 3.05) is 6.54 Å². The summed E-state index contributed by atoms with van der Waals surface area (Å²) in [4.78, 5) is 29.7. The van der Waals surface area contributed by atoms with E-state index < -0.39 is 11.8 Å². The molecule has 2 aliphatic rings. The fraction of sp³-hybridized carbons (Fsp3) is 0.341. The van der Waals surface area contributed by atoms with Gasteiger partial charge in [0.05, 0.1) is 22.2 Å². The molecular formula is C41H42Cl2FN3O4. The molecule has 2 N–H and O–H groups in total. The minimum atomic E-state index is -1.03. The first-order valence-electron chi connectivity index (χ1n) is 17.7. The van der Waals surface area contributed by atoms with Crippen LogP contribution in [0.25, 0.3) is 33.5 Å². The van der Waals surface area contributed by atoms with Gasteiger partial charge >= 0.3 is 5.97 Å². The fourth-order valence-electron chi connectivity index (χ4n) is 7.55. The van der Waals surface area contributed by atoms with Crippen LogP contribution in [0.15, 0.2) is 78.9 Å². The Morgan fingerprint density at radius 3 is 2.24 bits per heavy atom. The van der Waals surface area contributed by atoms with E-state index in [4.69, 9.17) is 21.3 Å². The Balaban J connectivity index is 0.00000448. The third-order valence-electron chi connectivity index (χ3n) is 10.3. The van der Waals surface area contributed by atoms with E-state index >= 15 is 4.39 Å². The Kier molecular flexibility index (Phi) is 11.6. The molecule has 0 saturated heterocycles. The third-order valence-corrected chi connectivity index (χ3v) is 10.5. The number of nitrogens with one attached hydrogen (secondary N) is 1. The molecule has 0 atom stereocenters. The number of aromatic carboxylic acids is 1. The largest absolute Gasteiger partial charge is 0.489 e. The molecule has 7 nitrogen and oxygen atoms in total. The van der Waals surface area contributed by atoms with Gasteiger partial charge in [0.1, 0.15) is 24.0 Å². The zero-order valence-corrected chi connectivity index (χ0v) is 29.9. The van der Waals surface area contributed by atoms with Crippen molar-refractivity contribution in [1.29, 1.82) is 0 Å². The van der Waals surface area contributed by atoms with E-state index in [-0.39, 0.29) is 36.5 Å². The van der Waals surface area contributed by atoms with Gasteiger partial charge in [-0.25, -0.2) is 14.2 Å². The number of carbonyl (C=O) groups is 2. The molecule has 2 aliphatic carbocycles. The molecule has 1 aromatic heterocycles. The van der Waals surface area contributed by atoms with E-state index in [2.05, 4.69) is 9.88 Å². The molecule has 0 radical (unpaired) electrons. The van der Waals surface area contributed by atoms with Crippen molar-refractivity contribution in [3.63, 3.8) is 0 Å². The van der Waals surface area contributed by atoms with Gasteiger partial charge in [-0.05, 0) is 103 Å². The molecule has 51 heavy (non-hydrogen) atoms. The Labute approximate surface area is 308 Å². The highest BCUT2D eigenvalue weighted by Gasteiger charge is 2.25. The monoisotopic (exact) mass is 729 g/mol. The number of aromatic nitrogens is 2.